The first-order chi connectivity index (χ1) is 10.7. The molecule has 0 N–H and O–H groups in total. The van der Waals surface area contributed by atoms with E-state index in [1.54, 1.807) is 0 Å². The number of aromatic nitrogens is 1. The number of nitrogens with zero attached hydrogens (tertiary/aromatic N) is 2. The van der Waals surface area contributed by atoms with Crippen LogP contribution in [-0.4, -0.2) is 29.1 Å². The summed E-state index contributed by atoms with van der Waals surface area (Å²) < 4.78 is 0. The number of aryl methyl sites for hydroxylation is 2. The Hall–Kier alpha value is -1.22. The van der Waals surface area contributed by atoms with Gasteiger partial charge in [0.25, 0.3) is 0 Å². The van der Waals surface area contributed by atoms with E-state index in [4.69, 9.17) is 0 Å². The van der Waals surface area contributed by atoms with Crippen molar-refractivity contribution in [3.8, 4) is 0 Å². The summed E-state index contributed by atoms with van der Waals surface area (Å²) >= 11 is 2.08. The Morgan fingerprint density at radius 3 is 2.73 bits per heavy atom. The molecule has 3 heteroatoms. The molecule has 0 saturated carbocycles. The molecule has 1 aromatic heterocycles. The van der Waals surface area contributed by atoms with E-state index in [9.17, 15) is 0 Å². The molecule has 0 spiro atoms. The minimum Gasteiger partial charge on any atom is -0.370 e. The monoisotopic (exact) mass is 316 g/mol. The van der Waals surface area contributed by atoms with Crippen molar-refractivity contribution in [2.45, 2.75) is 46.3 Å². The summed E-state index contributed by atoms with van der Waals surface area (Å²) in [6.07, 6.45) is 1.07. The van der Waals surface area contributed by atoms with Crippen molar-refractivity contribution in [2.24, 2.45) is 0 Å². The first kappa shape index (κ1) is 17.1. The van der Waals surface area contributed by atoms with Crippen LogP contribution in [0.5, 0.6) is 0 Å². The summed E-state index contributed by atoms with van der Waals surface area (Å²) in [5, 5.41) is 2.04. The van der Waals surface area contributed by atoms with Crippen LogP contribution in [0, 0.1) is 6.92 Å². The van der Waals surface area contributed by atoms with Crippen molar-refractivity contribution >= 4 is 28.4 Å². The summed E-state index contributed by atoms with van der Waals surface area (Å²) in [6.45, 7) is 12.9. The number of pyridine rings is 1. The third-order valence-corrected chi connectivity index (χ3v) is 5.13. The molecule has 1 fully saturated rings. The van der Waals surface area contributed by atoms with Gasteiger partial charge >= 0.3 is 0 Å². The van der Waals surface area contributed by atoms with Gasteiger partial charge in [0, 0.05) is 40.9 Å². The molecule has 1 aliphatic heterocycles. The van der Waals surface area contributed by atoms with Gasteiger partial charge in [0.15, 0.2) is 0 Å². The van der Waals surface area contributed by atoms with Crippen LogP contribution >= 0.6 is 11.8 Å². The van der Waals surface area contributed by atoms with Crippen LogP contribution in [0.3, 0.4) is 0 Å². The van der Waals surface area contributed by atoms with Gasteiger partial charge in [-0.05, 0) is 43.2 Å². The fraction of sp³-hybridized carbons (Fsp3) is 0.526. The molecule has 1 saturated heterocycles. The van der Waals surface area contributed by atoms with Gasteiger partial charge in [-0.2, -0.15) is 11.8 Å². The maximum Gasteiger partial charge on any atom is 0.0709 e. The molecule has 22 heavy (non-hydrogen) atoms. The summed E-state index contributed by atoms with van der Waals surface area (Å²) in [5.74, 6) is 1.23. The van der Waals surface area contributed by atoms with Crippen molar-refractivity contribution in [1.82, 2.24) is 4.98 Å². The Labute approximate surface area is 139 Å². The van der Waals surface area contributed by atoms with E-state index in [0.717, 1.165) is 36.0 Å². The Morgan fingerprint density at radius 1 is 1.27 bits per heavy atom. The van der Waals surface area contributed by atoms with Crippen molar-refractivity contribution in [3.05, 3.63) is 35.5 Å². The van der Waals surface area contributed by atoms with Crippen molar-refractivity contribution < 1.29 is 0 Å². The molecule has 2 nitrogen and oxygen atoms in total. The molecule has 2 heterocycles. The first-order valence-electron chi connectivity index (χ1n) is 8.44. The van der Waals surface area contributed by atoms with Gasteiger partial charge in [0.05, 0.1) is 5.52 Å². The number of anilines is 1. The summed E-state index contributed by atoms with van der Waals surface area (Å²) in [7, 11) is 0. The van der Waals surface area contributed by atoms with Gasteiger partial charge in [-0.1, -0.05) is 27.7 Å². The second-order valence-corrected chi connectivity index (χ2v) is 7.15. The zero-order valence-corrected chi connectivity index (χ0v) is 15.3. The first-order valence-corrected chi connectivity index (χ1v) is 9.49. The fourth-order valence-electron chi connectivity index (χ4n) is 2.97. The van der Waals surface area contributed by atoms with Crippen LogP contribution in [-0.2, 0) is 6.42 Å². The zero-order chi connectivity index (χ0) is 16.1. The number of hydrogen-bond acceptors (Lipinski definition) is 3. The quantitative estimate of drug-likeness (QED) is 0.769. The minimum atomic E-state index is 0.723. The molecule has 2 aromatic rings. The molecule has 120 valence electrons. The summed E-state index contributed by atoms with van der Waals surface area (Å²) in [5.41, 5.74) is 5.01. The third-order valence-electron chi connectivity index (χ3n) is 3.99. The predicted octanol–water partition coefficient (Wildman–Crippen LogP) is 5.07. The molecular weight excluding hydrogens is 288 g/mol. The van der Waals surface area contributed by atoms with Gasteiger partial charge in [-0.3, -0.25) is 4.98 Å². The SMILES string of the molecule is CC.CCc1cc(C)nc2ccc(N3CCSC(C)C3)cc12. The highest BCUT2D eigenvalue weighted by Gasteiger charge is 2.17. The molecule has 1 atom stereocenters. The molecule has 0 bridgehead atoms. The highest BCUT2D eigenvalue weighted by molar-refractivity contribution is 8.00. The number of fused-ring (bicyclic) bond motifs is 1. The van der Waals surface area contributed by atoms with Crippen molar-refractivity contribution in [2.75, 3.05) is 23.7 Å². The van der Waals surface area contributed by atoms with E-state index in [1.807, 2.05) is 13.8 Å². The number of hydrogen-bond donors (Lipinski definition) is 0. The van der Waals surface area contributed by atoms with Crippen LogP contribution in [0.4, 0.5) is 5.69 Å². The van der Waals surface area contributed by atoms with Gasteiger partial charge in [0.2, 0.25) is 0 Å². The van der Waals surface area contributed by atoms with E-state index >= 15 is 0 Å². The van der Waals surface area contributed by atoms with Gasteiger partial charge in [-0.25, -0.2) is 0 Å². The van der Waals surface area contributed by atoms with Crippen LogP contribution in [0.15, 0.2) is 24.3 Å². The minimum absolute atomic E-state index is 0.723. The number of thioether (sulfide) groups is 1. The van der Waals surface area contributed by atoms with E-state index < -0.39 is 0 Å². The smallest absolute Gasteiger partial charge is 0.0709 e. The van der Waals surface area contributed by atoms with E-state index in [1.165, 1.54) is 22.4 Å². The molecule has 1 unspecified atom stereocenters. The molecular formula is C19H28N2S. The van der Waals surface area contributed by atoms with Gasteiger partial charge in [0.1, 0.15) is 0 Å². The lowest BCUT2D eigenvalue weighted by molar-refractivity contribution is 0.783. The molecule has 1 aliphatic rings. The highest BCUT2D eigenvalue weighted by atomic mass is 32.2. The molecule has 1 aromatic carbocycles. The Kier molecular flexibility index (Phi) is 6.13. The average Bonchev–Trinajstić information content (AvgIpc) is 2.55. The van der Waals surface area contributed by atoms with E-state index in [0.29, 0.717) is 0 Å². The predicted molar refractivity (Wildman–Crippen MR) is 101 cm³/mol. The Morgan fingerprint density at radius 2 is 2.05 bits per heavy atom. The summed E-state index contributed by atoms with van der Waals surface area (Å²) in [6, 6.07) is 8.98. The second-order valence-electron chi connectivity index (χ2n) is 5.61. The second kappa shape index (κ2) is 7.87. The lowest BCUT2D eigenvalue weighted by Crippen LogP contribution is -2.36. The zero-order valence-electron chi connectivity index (χ0n) is 14.5. The third kappa shape index (κ3) is 3.75. The molecule has 0 aliphatic carbocycles. The maximum atomic E-state index is 4.66. The summed E-state index contributed by atoms with van der Waals surface area (Å²) in [4.78, 5) is 7.18. The average molecular weight is 317 g/mol. The normalized spacial score (nSPS) is 18.0. The number of rotatable bonds is 2. The molecule has 3 rings (SSSR count). The standard InChI is InChI=1S/C17H22N2S.C2H6/c1-4-14-9-12(2)18-17-6-5-15(10-16(14)17)19-7-8-20-13(3)11-19;1-2/h5-6,9-10,13H,4,7-8,11H2,1-3H3;1-2H3. The van der Waals surface area contributed by atoms with Crippen molar-refractivity contribution in [3.63, 3.8) is 0 Å². The Balaban J connectivity index is 0.000000847. The van der Waals surface area contributed by atoms with Crippen LogP contribution in [0.2, 0.25) is 0 Å². The van der Waals surface area contributed by atoms with E-state index in [2.05, 4.69) is 66.7 Å². The van der Waals surface area contributed by atoms with Crippen LogP contribution < -0.4 is 4.90 Å². The largest absolute Gasteiger partial charge is 0.370 e. The van der Waals surface area contributed by atoms with Crippen molar-refractivity contribution in [1.29, 1.82) is 0 Å². The molecule has 0 amide bonds. The maximum absolute atomic E-state index is 4.66. The Bertz CT molecular complexity index is 624. The fourth-order valence-corrected chi connectivity index (χ4v) is 3.99. The van der Waals surface area contributed by atoms with Gasteiger partial charge in [-0.15, -0.1) is 0 Å². The number of benzene rings is 1. The molecule has 0 radical (unpaired) electrons. The lowest BCUT2D eigenvalue weighted by Gasteiger charge is -2.32. The van der Waals surface area contributed by atoms with Crippen LogP contribution in [0.1, 0.15) is 39.0 Å². The topological polar surface area (TPSA) is 16.1 Å². The lowest BCUT2D eigenvalue weighted by atomic mass is 10.0. The van der Waals surface area contributed by atoms with Gasteiger partial charge < -0.3 is 4.90 Å². The van der Waals surface area contributed by atoms with Crippen LogP contribution in [0.25, 0.3) is 10.9 Å². The van der Waals surface area contributed by atoms with E-state index in [-0.39, 0.29) is 0 Å². The highest BCUT2D eigenvalue weighted by Crippen LogP contribution is 2.28.